The molecule has 0 aliphatic carbocycles. The van der Waals surface area contributed by atoms with E-state index in [-0.39, 0.29) is 5.03 Å². The summed E-state index contributed by atoms with van der Waals surface area (Å²) in [4.78, 5) is 6.54. The van der Waals surface area contributed by atoms with Gasteiger partial charge < -0.3 is 4.98 Å². The molecule has 3 aromatic rings. The van der Waals surface area contributed by atoms with E-state index in [1.807, 2.05) is 60.7 Å². The summed E-state index contributed by atoms with van der Waals surface area (Å²) in [5.74, 6) is 0. The number of hydrogen-bond donors (Lipinski definition) is 1. The molecule has 3 rings (SSSR count). The average molecular weight is 341 g/mol. The number of nitrogens with zero attached hydrogens (tertiary/aromatic N) is 2. The van der Waals surface area contributed by atoms with Gasteiger partial charge >= 0.3 is 0 Å². The third-order valence-electron chi connectivity index (χ3n) is 3.79. The van der Waals surface area contributed by atoms with Crippen molar-refractivity contribution in [2.75, 3.05) is 6.54 Å². The van der Waals surface area contributed by atoms with Crippen LogP contribution in [0, 0.1) is 0 Å². The Morgan fingerprint density at radius 3 is 2.12 bits per heavy atom. The summed E-state index contributed by atoms with van der Waals surface area (Å²) >= 11 is 0. The zero-order valence-electron chi connectivity index (χ0n) is 13.2. The van der Waals surface area contributed by atoms with Crippen molar-refractivity contribution in [3.8, 4) is 0 Å². The van der Waals surface area contributed by atoms with Crippen LogP contribution in [0.5, 0.6) is 0 Å². The molecule has 0 aliphatic rings. The SMILES string of the molecule is O=S(=O)(c1cnc[nH]1)N(CCc1ccccc1)Cc1ccccc1. The Kier molecular flexibility index (Phi) is 5.08. The van der Waals surface area contributed by atoms with Gasteiger partial charge in [-0.3, -0.25) is 0 Å². The minimum Gasteiger partial charge on any atom is -0.335 e. The van der Waals surface area contributed by atoms with Crippen LogP contribution in [0.1, 0.15) is 11.1 Å². The standard InChI is InChI=1S/C18H19N3O2S/c22-24(23,18-13-19-15-20-18)21(14-17-9-5-2-6-10-17)12-11-16-7-3-1-4-8-16/h1-10,13,15H,11-12,14H2,(H,19,20). The van der Waals surface area contributed by atoms with Crippen molar-refractivity contribution in [3.63, 3.8) is 0 Å². The molecule has 0 amide bonds. The number of H-pyrrole nitrogens is 1. The van der Waals surface area contributed by atoms with Gasteiger partial charge in [-0.25, -0.2) is 13.4 Å². The van der Waals surface area contributed by atoms with Gasteiger partial charge in [-0.1, -0.05) is 60.7 Å². The number of sulfonamides is 1. The number of imidazole rings is 1. The molecule has 0 spiro atoms. The molecule has 124 valence electrons. The second-order valence-corrected chi connectivity index (χ2v) is 7.38. The van der Waals surface area contributed by atoms with Crippen LogP contribution >= 0.6 is 0 Å². The maximum Gasteiger partial charge on any atom is 0.260 e. The Labute approximate surface area is 142 Å². The molecule has 0 atom stereocenters. The summed E-state index contributed by atoms with van der Waals surface area (Å²) in [6, 6.07) is 19.5. The Bertz CT molecular complexity index is 848. The predicted octanol–water partition coefficient (Wildman–Crippen LogP) is 2.84. The molecule has 1 N–H and O–H groups in total. The maximum atomic E-state index is 12.9. The van der Waals surface area contributed by atoms with Crippen molar-refractivity contribution in [2.45, 2.75) is 18.0 Å². The van der Waals surface area contributed by atoms with Crippen molar-refractivity contribution in [3.05, 3.63) is 84.3 Å². The Morgan fingerprint density at radius 1 is 0.917 bits per heavy atom. The van der Waals surface area contributed by atoms with Crippen molar-refractivity contribution < 1.29 is 8.42 Å². The minimum absolute atomic E-state index is 0.117. The van der Waals surface area contributed by atoms with Crippen molar-refractivity contribution in [1.29, 1.82) is 0 Å². The number of aromatic amines is 1. The lowest BCUT2D eigenvalue weighted by Crippen LogP contribution is -2.32. The lowest BCUT2D eigenvalue weighted by atomic mass is 10.1. The molecule has 2 aromatic carbocycles. The first kappa shape index (κ1) is 16.4. The summed E-state index contributed by atoms with van der Waals surface area (Å²) < 4.78 is 27.2. The van der Waals surface area contributed by atoms with Gasteiger partial charge in [0.1, 0.15) is 0 Å². The van der Waals surface area contributed by atoms with Crippen LogP contribution in [0.25, 0.3) is 0 Å². The van der Waals surface area contributed by atoms with Crippen molar-refractivity contribution >= 4 is 10.0 Å². The fraction of sp³-hybridized carbons (Fsp3) is 0.167. The van der Waals surface area contributed by atoms with Gasteiger partial charge in [0.2, 0.25) is 0 Å². The van der Waals surface area contributed by atoms with Gasteiger partial charge in [-0.2, -0.15) is 4.31 Å². The third kappa shape index (κ3) is 3.90. The number of aromatic nitrogens is 2. The lowest BCUT2D eigenvalue weighted by molar-refractivity contribution is 0.408. The van der Waals surface area contributed by atoms with Crippen LogP contribution in [0.2, 0.25) is 0 Å². The second-order valence-electron chi connectivity index (χ2n) is 5.48. The second kappa shape index (κ2) is 7.42. The van der Waals surface area contributed by atoms with Gasteiger partial charge in [0.05, 0.1) is 12.5 Å². The quantitative estimate of drug-likeness (QED) is 0.718. The number of rotatable bonds is 7. The van der Waals surface area contributed by atoms with Crippen molar-refractivity contribution in [1.82, 2.24) is 14.3 Å². The number of hydrogen-bond acceptors (Lipinski definition) is 3. The smallest absolute Gasteiger partial charge is 0.260 e. The lowest BCUT2D eigenvalue weighted by Gasteiger charge is -2.21. The Morgan fingerprint density at radius 2 is 1.54 bits per heavy atom. The van der Waals surface area contributed by atoms with Crippen LogP contribution in [0.15, 0.2) is 78.2 Å². The highest BCUT2D eigenvalue weighted by Crippen LogP contribution is 2.17. The van der Waals surface area contributed by atoms with Crippen LogP contribution in [0.4, 0.5) is 0 Å². The first-order valence-electron chi connectivity index (χ1n) is 7.72. The highest BCUT2D eigenvalue weighted by Gasteiger charge is 2.25. The summed E-state index contributed by atoms with van der Waals surface area (Å²) in [7, 11) is -3.61. The molecule has 24 heavy (non-hydrogen) atoms. The predicted molar refractivity (Wildman–Crippen MR) is 92.8 cm³/mol. The normalized spacial score (nSPS) is 11.7. The largest absolute Gasteiger partial charge is 0.335 e. The molecular formula is C18H19N3O2S. The summed E-state index contributed by atoms with van der Waals surface area (Å²) in [6.45, 7) is 0.731. The maximum absolute atomic E-state index is 12.9. The zero-order chi connectivity index (χ0) is 16.8. The first-order chi connectivity index (χ1) is 11.7. The van der Waals surface area contributed by atoms with E-state index < -0.39 is 10.0 Å². The number of benzene rings is 2. The van der Waals surface area contributed by atoms with Gasteiger partial charge in [0.25, 0.3) is 10.0 Å². The van der Waals surface area contributed by atoms with Crippen LogP contribution < -0.4 is 0 Å². The van der Waals surface area contributed by atoms with E-state index in [1.165, 1.54) is 16.8 Å². The van der Waals surface area contributed by atoms with Gasteiger partial charge in [0.15, 0.2) is 5.03 Å². The van der Waals surface area contributed by atoms with Crippen LogP contribution in [-0.2, 0) is 23.0 Å². The van der Waals surface area contributed by atoms with E-state index >= 15 is 0 Å². The molecule has 1 heterocycles. The monoisotopic (exact) mass is 341 g/mol. The third-order valence-corrected chi connectivity index (χ3v) is 5.56. The molecule has 5 nitrogen and oxygen atoms in total. The Hall–Kier alpha value is -2.44. The van der Waals surface area contributed by atoms with Crippen LogP contribution in [0.3, 0.4) is 0 Å². The van der Waals surface area contributed by atoms with Gasteiger partial charge in [-0.15, -0.1) is 0 Å². The highest BCUT2D eigenvalue weighted by molar-refractivity contribution is 7.89. The van der Waals surface area contributed by atoms with Gasteiger partial charge in [0, 0.05) is 13.1 Å². The summed E-state index contributed by atoms with van der Waals surface area (Å²) in [5.41, 5.74) is 2.06. The molecule has 0 saturated carbocycles. The van der Waals surface area contributed by atoms with Gasteiger partial charge in [-0.05, 0) is 17.5 Å². The van der Waals surface area contributed by atoms with E-state index in [9.17, 15) is 8.42 Å². The molecule has 6 heteroatoms. The zero-order valence-corrected chi connectivity index (χ0v) is 14.0. The van der Waals surface area contributed by atoms with E-state index in [2.05, 4.69) is 9.97 Å². The molecule has 0 bridgehead atoms. The topological polar surface area (TPSA) is 66.1 Å². The first-order valence-corrected chi connectivity index (χ1v) is 9.16. The Balaban J connectivity index is 1.83. The molecule has 0 unspecified atom stereocenters. The fourth-order valence-electron chi connectivity index (χ4n) is 2.49. The summed E-state index contributed by atoms with van der Waals surface area (Å²) in [5, 5.41) is 0.117. The summed E-state index contributed by atoms with van der Waals surface area (Å²) in [6.07, 6.45) is 3.38. The molecule has 0 saturated heterocycles. The molecule has 0 aliphatic heterocycles. The molecule has 0 fully saturated rings. The van der Waals surface area contributed by atoms with E-state index in [1.54, 1.807) is 0 Å². The average Bonchev–Trinajstić information content (AvgIpc) is 3.16. The highest BCUT2D eigenvalue weighted by atomic mass is 32.2. The van der Waals surface area contributed by atoms with E-state index in [0.29, 0.717) is 19.5 Å². The molecule has 1 aromatic heterocycles. The van der Waals surface area contributed by atoms with Crippen LogP contribution in [-0.4, -0.2) is 29.2 Å². The molecule has 0 radical (unpaired) electrons. The molecular weight excluding hydrogens is 322 g/mol. The number of nitrogens with one attached hydrogen (secondary N) is 1. The minimum atomic E-state index is -3.61. The van der Waals surface area contributed by atoms with Crippen molar-refractivity contribution in [2.24, 2.45) is 0 Å². The fourth-order valence-corrected chi connectivity index (χ4v) is 3.82. The van der Waals surface area contributed by atoms with E-state index in [0.717, 1.165) is 11.1 Å². The van der Waals surface area contributed by atoms with E-state index in [4.69, 9.17) is 0 Å².